The average molecular weight is 463 g/mol. The van der Waals surface area contributed by atoms with Gasteiger partial charge in [-0.3, -0.25) is 4.79 Å². The van der Waals surface area contributed by atoms with Crippen molar-refractivity contribution in [3.63, 3.8) is 0 Å². The van der Waals surface area contributed by atoms with E-state index in [9.17, 15) is 13.2 Å². The van der Waals surface area contributed by atoms with Crippen LogP contribution in [0.1, 0.15) is 49.6 Å². The van der Waals surface area contributed by atoms with Crippen LogP contribution in [0.25, 0.3) is 0 Å². The van der Waals surface area contributed by atoms with E-state index in [0.29, 0.717) is 37.1 Å². The Morgan fingerprint density at radius 3 is 2.32 bits per heavy atom. The Bertz CT molecular complexity index is 1040. The van der Waals surface area contributed by atoms with E-state index >= 15 is 0 Å². The molecule has 1 aromatic carbocycles. The maximum absolute atomic E-state index is 13.0. The summed E-state index contributed by atoms with van der Waals surface area (Å²) < 4.78 is 32.6. The molecular weight excluding hydrogens is 432 g/mol. The summed E-state index contributed by atoms with van der Waals surface area (Å²) in [6, 6.07) is 11.8. The van der Waals surface area contributed by atoms with Crippen molar-refractivity contribution in [3.05, 3.63) is 52.4 Å². The highest BCUT2D eigenvalue weighted by Crippen LogP contribution is 2.48. The molecule has 31 heavy (non-hydrogen) atoms. The van der Waals surface area contributed by atoms with Gasteiger partial charge in [-0.05, 0) is 41.5 Å². The Labute approximate surface area is 188 Å². The summed E-state index contributed by atoms with van der Waals surface area (Å²) >= 11 is 1.22. The SMILES string of the molecule is CC(C)(C)c1ccc(C2(C(=O)NCc3ccc(S(=O)(=O)N4CCOCC4)s3)CC2)cc1. The topological polar surface area (TPSA) is 75.7 Å². The number of morpholine rings is 1. The van der Waals surface area contributed by atoms with E-state index in [1.54, 1.807) is 12.1 Å². The zero-order valence-electron chi connectivity index (χ0n) is 18.3. The number of carbonyl (C=O) groups excluding carboxylic acids is 1. The first-order valence-corrected chi connectivity index (χ1v) is 12.9. The Morgan fingerprint density at radius 1 is 1.10 bits per heavy atom. The van der Waals surface area contributed by atoms with Gasteiger partial charge in [0.15, 0.2) is 0 Å². The van der Waals surface area contributed by atoms with Crippen LogP contribution < -0.4 is 5.32 Å². The number of hydrogen-bond donors (Lipinski definition) is 1. The molecule has 1 saturated carbocycles. The molecule has 1 N–H and O–H groups in total. The number of nitrogens with zero attached hydrogens (tertiary/aromatic N) is 1. The summed E-state index contributed by atoms with van der Waals surface area (Å²) in [5, 5.41) is 3.03. The first kappa shape index (κ1) is 22.5. The normalized spacial score (nSPS) is 19.2. The zero-order chi connectivity index (χ0) is 22.3. The van der Waals surface area contributed by atoms with Gasteiger partial charge in [-0.25, -0.2) is 8.42 Å². The van der Waals surface area contributed by atoms with Gasteiger partial charge >= 0.3 is 0 Å². The van der Waals surface area contributed by atoms with Crippen molar-refractivity contribution in [2.24, 2.45) is 0 Å². The van der Waals surface area contributed by atoms with Crippen LogP contribution in [0, 0.1) is 0 Å². The van der Waals surface area contributed by atoms with Gasteiger partial charge in [0.05, 0.1) is 25.2 Å². The number of hydrogen-bond acceptors (Lipinski definition) is 5. The van der Waals surface area contributed by atoms with Gasteiger partial charge in [-0.1, -0.05) is 45.0 Å². The summed E-state index contributed by atoms with van der Waals surface area (Å²) in [6.45, 7) is 8.47. The van der Waals surface area contributed by atoms with Crippen LogP contribution in [-0.4, -0.2) is 44.9 Å². The molecule has 4 rings (SSSR count). The predicted molar refractivity (Wildman–Crippen MR) is 122 cm³/mol. The lowest BCUT2D eigenvalue weighted by molar-refractivity contribution is -0.123. The van der Waals surface area contributed by atoms with Gasteiger partial charge in [0.1, 0.15) is 4.21 Å². The molecule has 1 saturated heterocycles. The summed E-state index contributed by atoms with van der Waals surface area (Å²) in [7, 11) is -3.50. The number of ether oxygens (including phenoxy) is 1. The fraction of sp³-hybridized carbons (Fsp3) is 0.522. The van der Waals surface area contributed by atoms with Crippen molar-refractivity contribution < 1.29 is 17.9 Å². The van der Waals surface area contributed by atoms with Crippen LogP contribution in [0.3, 0.4) is 0 Å². The second-order valence-electron chi connectivity index (χ2n) is 9.33. The maximum Gasteiger partial charge on any atom is 0.252 e. The van der Waals surface area contributed by atoms with Gasteiger partial charge < -0.3 is 10.1 Å². The van der Waals surface area contributed by atoms with E-state index in [1.807, 2.05) is 0 Å². The van der Waals surface area contributed by atoms with E-state index in [0.717, 1.165) is 23.3 Å². The number of thiophene rings is 1. The van der Waals surface area contributed by atoms with Gasteiger partial charge in [-0.2, -0.15) is 4.31 Å². The second kappa shape index (κ2) is 8.31. The number of carbonyl (C=O) groups is 1. The van der Waals surface area contributed by atoms with Gasteiger partial charge in [0, 0.05) is 18.0 Å². The lowest BCUT2D eigenvalue weighted by Gasteiger charge is -2.25. The van der Waals surface area contributed by atoms with Crippen LogP contribution in [-0.2, 0) is 36.9 Å². The van der Waals surface area contributed by atoms with Crippen molar-refractivity contribution in [2.75, 3.05) is 26.3 Å². The summed E-state index contributed by atoms with van der Waals surface area (Å²) in [5.41, 5.74) is 1.94. The molecule has 6 nitrogen and oxygen atoms in total. The third-order valence-electron chi connectivity index (χ3n) is 6.11. The summed E-state index contributed by atoms with van der Waals surface area (Å²) in [5.74, 6) is 0.0157. The van der Waals surface area contributed by atoms with E-state index in [-0.39, 0.29) is 11.3 Å². The maximum atomic E-state index is 13.0. The molecule has 0 spiro atoms. The van der Waals surface area contributed by atoms with Crippen LogP contribution in [0.15, 0.2) is 40.6 Å². The highest BCUT2D eigenvalue weighted by atomic mass is 32.2. The summed E-state index contributed by atoms with van der Waals surface area (Å²) in [4.78, 5) is 13.8. The third-order valence-corrected chi connectivity index (χ3v) is 9.56. The first-order chi connectivity index (χ1) is 14.6. The van der Waals surface area contributed by atoms with Crippen molar-refractivity contribution in [1.29, 1.82) is 0 Å². The van der Waals surface area contributed by atoms with E-state index in [1.165, 1.54) is 21.2 Å². The van der Waals surface area contributed by atoms with Crippen LogP contribution in [0.2, 0.25) is 0 Å². The van der Waals surface area contributed by atoms with Crippen molar-refractivity contribution in [1.82, 2.24) is 9.62 Å². The standard InChI is InChI=1S/C23H30N2O4S2/c1-22(2,3)17-4-6-18(7-5-17)23(10-11-23)21(26)24-16-19-8-9-20(30-19)31(27,28)25-12-14-29-15-13-25/h4-9H,10-16H2,1-3H3,(H,24,26). The quantitative estimate of drug-likeness (QED) is 0.714. The van der Waals surface area contributed by atoms with Crippen molar-refractivity contribution in [3.8, 4) is 0 Å². The van der Waals surface area contributed by atoms with Gasteiger partial charge in [-0.15, -0.1) is 11.3 Å². The van der Waals surface area contributed by atoms with Crippen LogP contribution in [0.5, 0.6) is 0 Å². The minimum atomic E-state index is -3.50. The molecule has 168 valence electrons. The van der Waals surface area contributed by atoms with E-state index in [2.05, 4.69) is 50.4 Å². The Morgan fingerprint density at radius 2 is 1.74 bits per heavy atom. The molecule has 1 aliphatic heterocycles. The zero-order valence-corrected chi connectivity index (χ0v) is 19.9. The highest BCUT2D eigenvalue weighted by molar-refractivity contribution is 7.91. The monoisotopic (exact) mass is 462 g/mol. The largest absolute Gasteiger partial charge is 0.379 e. The average Bonchev–Trinajstić information content (AvgIpc) is 3.42. The molecular formula is C23H30N2O4S2. The smallest absolute Gasteiger partial charge is 0.252 e. The third kappa shape index (κ3) is 4.58. The molecule has 0 bridgehead atoms. The molecule has 1 aliphatic carbocycles. The Kier molecular flexibility index (Phi) is 6.02. The van der Waals surface area contributed by atoms with Gasteiger partial charge in [0.25, 0.3) is 10.0 Å². The minimum absolute atomic E-state index is 0.0157. The molecule has 2 heterocycles. The Hall–Kier alpha value is -1.74. The predicted octanol–water partition coefficient (Wildman–Crippen LogP) is 3.41. The van der Waals surface area contributed by atoms with E-state index in [4.69, 9.17) is 4.74 Å². The number of sulfonamides is 1. The van der Waals surface area contributed by atoms with Gasteiger partial charge in [0.2, 0.25) is 5.91 Å². The molecule has 2 fully saturated rings. The molecule has 8 heteroatoms. The Balaban J connectivity index is 1.40. The molecule has 2 aliphatic rings. The number of rotatable bonds is 6. The molecule has 0 radical (unpaired) electrons. The molecule has 1 amide bonds. The minimum Gasteiger partial charge on any atom is -0.379 e. The van der Waals surface area contributed by atoms with Crippen molar-refractivity contribution in [2.45, 2.75) is 55.2 Å². The lowest BCUT2D eigenvalue weighted by atomic mass is 9.85. The lowest BCUT2D eigenvalue weighted by Crippen LogP contribution is -2.40. The van der Waals surface area contributed by atoms with Crippen LogP contribution in [0.4, 0.5) is 0 Å². The number of nitrogens with one attached hydrogen (secondary N) is 1. The number of benzene rings is 1. The first-order valence-electron chi connectivity index (χ1n) is 10.7. The van der Waals surface area contributed by atoms with Crippen LogP contribution >= 0.6 is 11.3 Å². The fourth-order valence-electron chi connectivity index (χ4n) is 3.90. The molecule has 1 aromatic heterocycles. The molecule has 0 atom stereocenters. The fourth-order valence-corrected chi connectivity index (χ4v) is 6.76. The highest BCUT2D eigenvalue weighted by Gasteiger charge is 2.51. The number of amides is 1. The van der Waals surface area contributed by atoms with E-state index < -0.39 is 15.4 Å². The van der Waals surface area contributed by atoms with Crippen molar-refractivity contribution >= 4 is 27.3 Å². The second-order valence-corrected chi connectivity index (χ2v) is 12.7. The molecule has 2 aromatic rings. The summed E-state index contributed by atoms with van der Waals surface area (Å²) in [6.07, 6.45) is 1.68. The molecule has 0 unspecified atom stereocenters.